The number of pyridine rings is 1. The average Bonchev–Trinajstić information content (AvgIpc) is 3.34. The molecule has 0 aliphatic rings. The number of benzene rings is 3. The Kier molecular flexibility index (Phi) is 4.57. The summed E-state index contributed by atoms with van der Waals surface area (Å²) in [6.07, 6.45) is 2.13. The van der Waals surface area contributed by atoms with Gasteiger partial charge in [0.1, 0.15) is 11.0 Å². The van der Waals surface area contributed by atoms with Crippen molar-refractivity contribution in [2.24, 2.45) is 7.05 Å². The molecule has 170 valence electrons. The molecule has 4 nitrogen and oxygen atoms in total. The predicted molar refractivity (Wildman–Crippen MR) is 141 cm³/mol. The van der Waals surface area contributed by atoms with Gasteiger partial charge in [0, 0.05) is 5.39 Å². The van der Waals surface area contributed by atoms with Gasteiger partial charge in [-0.15, -0.1) is 0 Å². The van der Waals surface area contributed by atoms with E-state index in [4.69, 9.17) is 4.98 Å². The molecule has 4 heteroatoms. The molecule has 0 radical (unpaired) electrons. The Morgan fingerprint density at radius 3 is 2.26 bits per heavy atom. The van der Waals surface area contributed by atoms with Crippen LogP contribution in [0.25, 0.3) is 44.4 Å². The maximum atomic E-state index is 5.37. The minimum atomic E-state index is 0.399. The summed E-state index contributed by atoms with van der Waals surface area (Å²) in [6.45, 7) is 11.3. The maximum absolute atomic E-state index is 5.37. The summed E-state index contributed by atoms with van der Waals surface area (Å²) in [5, 5.41) is 2.44. The molecule has 0 aliphatic heterocycles. The lowest BCUT2D eigenvalue weighted by molar-refractivity contribution is -0.647. The number of hydrogen-bond donors (Lipinski definition) is 0. The monoisotopic (exact) mass is 447 g/mol. The Labute approximate surface area is 200 Å². The number of imidazole rings is 2. The number of aromatic nitrogens is 4. The topological polar surface area (TPSA) is 26.1 Å². The van der Waals surface area contributed by atoms with Crippen molar-refractivity contribution < 1.29 is 4.57 Å². The molecule has 0 atom stereocenters. The Hall–Kier alpha value is -3.66. The van der Waals surface area contributed by atoms with Crippen LogP contribution in [-0.2, 0) is 7.05 Å². The van der Waals surface area contributed by atoms with Crippen LogP contribution in [0.5, 0.6) is 0 Å². The quantitative estimate of drug-likeness (QED) is 0.269. The second-order valence-electron chi connectivity index (χ2n) is 10.1. The first-order valence-corrected chi connectivity index (χ1v) is 12.2. The smallest absolute Gasteiger partial charge is 0.252 e. The fourth-order valence-electron chi connectivity index (χ4n) is 5.58. The molecule has 0 spiro atoms. The zero-order valence-corrected chi connectivity index (χ0v) is 20.8. The van der Waals surface area contributed by atoms with E-state index in [1.54, 1.807) is 0 Å². The third-order valence-electron chi connectivity index (χ3n) is 7.17. The Bertz CT molecular complexity index is 1700. The molecule has 0 N–H and O–H groups in total. The first kappa shape index (κ1) is 20.9. The molecule has 0 saturated carbocycles. The molecule has 3 aromatic carbocycles. The molecule has 34 heavy (non-hydrogen) atoms. The van der Waals surface area contributed by atoms with Crippen LogP contribution in [-0.4, -0.2) is 14.0 Å². The lowest BCUT2D eigenvalue weighted by Gasteiger charge is -2.20. The van der Waals surface area contributed by atoms with Gasteiger partial charge in [-0.25, -0.2) is 4.57 Å². The molecule has 3 heterocycles. The summed E-state index contributed by atoms with van der Waals surface area (Å²) in [6, 6.07) is 22.0. The van der Waals surface area contributed by atoms with Gasteiger partial charge in [-0.3, -0.25) is 4.57 Å². The van der Waals surface area contributed by atoms with Crippen LogP contribution < -0.4 is 4.57 Å². The molecule has 0 aliphatic carbocycles. The molecule has 6 rings (SSSR count). The van der Waals surface area contributed by atoms with E-state index in [2.05, 4.69) is 122 Å². The second-order valence-corrected chi connectivity index (χ2v) is 10.1. The summed E-state index contributed by atoms with van der Waals surface area (Å²) in [5.74, 6) is 1.77. The van der Waals surface area contributed by atoms with Crippen molar-refractivity contribution in [3.63, 3.8) is 0 Å². The highest BCUT2D eigenvalue weighted by molar-refractivity contribution is 6.08. The Morgan fingerprint density at radius 2 is 1.56 bits per heavy atom. The molecule has 0 bridgehead atoms. The van der Waals surface area contributed by atoms with Crippen molar-refractivity contribution in [1.82, 2.24) is 14.0 Å². The molecule has 6 aromatic rings. The number of para-hydroxylation sites is 1. The molecule has 3 aromatic heterocycles. The highest BCUT2D eigenvalue weighted by Crippen LogP contribution is 2.37. The number of rotatable bonds is 3. The number of hydrogen-bond acceptors (Lipinski definition) is 1. The third-order valence-corrected chi connectivity index (χ3v) is 7.17. The van der Waals surface area contributed by atoms with Gasteiger partial charge < -0.3 is 0 Å². The van der Waals surface area contributed by atoms with Gasteiger partial charge in [-0.05, 0) is 59.0 Å². The van der Waals surface area contributed by atoms with Crippen LogP contribution in [0.1, 0.15) is 56.2 Å². The fraction of sp³-hybridized carbons (Fsp3) is 0.267. The van der Waals surface area contributed by atoms with Gasteiger partial charge >= 0.3 is 11.4 Å². The van der Waals surface area contributed by atoms with Crippen molar-refractivity contribution in [1.29, 1.82) is 0 Å². The summed E-state index contributed by atoms with van der Waals surface area (Å²) in [7, 11) is 2.13. The van der Waals surface area contributed by atoms with Crippen LogP contribution in [0.4, 0.5) is 0 Å². The summed E-state index contributed by atoms with van der Waals surface area (Å²) in [5.41, 5.74) is 9.81. The second kappa shape index (κ2) is 7.42. The van der Waals surface area contributed by atoms with E-state index < -0.39 is 0 Å². The lowest BCUT2D eigenvalue weighted by atomic mass is 9.92. The minimum Gasteiger partial charge on any atom is -0.252 e. The van der Waals surface area contributed by atoms with Gasteiger partial charge in [-0.1, -0.05) is 70.2 Å². The maximum Gasteiger partial charge on any atom is 0.314 e. The van der Waals surface area contributed by atoms with Crippen LogP contribution in [0.15, 0.2) is 66.9 Å². The number of fused-ring (bicyclic) bond motifs is 7. The van der Waals surface area contributed by atoms with E-state index in [1.807, 2.05) is 0 Å². The zero-order chi connectivity index (χ0) is 23.7. The molecular weight excluding hydrogens is 416 g/mol. The molecule has 0 unspecified atom stereocenters. The van der Waals surface area contributed by atoms with Gasteiger partial charge in [0.2, 0.25) is 0 Å². The van der Waals surface area contributed by atoms with Crippen LogP contribution in [0.2, 0.25) is 0 Å². The average molecular weight is 448 g/mol. The third kappa shape index (κ3) is 2.78. The van der Waals surface area contributed by atoms with Gasteiger partial charge in [0.25, 0.3) is 0 Å². The van der Waals surface area contributed by atoms with Crippen molar-refractivity contribution in [2.45, 2.75) is 46.5 Å². The highest BCUT2D eigenvalue weighted by atomic mass is 15.3. The van der Waals surface area contributed by atoms with Crippen molar-refractivity contribution >= 4 is 38.7 Å². The first-order valence-electron chi connectivity index (χ1n) is 12.2. The first-order chi connectivity index (χ1) is 16.4. The largest absolute Gasteiger partial charge is 0.314 e. The van der Waals surface area contributed by atoms with E-state index in [0.717, 1.165) is 16.9 Å². The van der Waals surface area contributed by atoms with Crippen LogP contribution in [0, 0.1) is 6.92 Å². The minimum absolute atomic E-state index is 0.399. The molecule has 0 saturated heterocycles. The van der Waals surface area contributed by atoms with Gasteiger partial charge in [0.15, 0.2) is 5.52 Å². The lowest BCUT2D eigenvalue weighted by Crippen LogP contribution is -2.29. The normalized spacial score (nSPS) is 12.4. The van der Waals surface area contributed by atoms with E-state index in [1.165, 1.54) is 44.2 Å². The fourth-order valence-corrected chi connectivity index (χ4v) is 5.58. The Balaban J connectivity index is 1.91. The van der Waals surface area contributed by atoms with Gasteiger partial charge in [-0.2, -0.15) is 9.38 Å². The molecular formula is C30H31N4+. The Morgan fingerprint density at radius 1 is 0.853 bits per heavy atom. The van der Waals surface area contributed by atoms with Crippen molar-refractivity contribution in [3.8, 4) is 5.69 Å². The number of aryl methyl sites for hydroxylation is 2. The summed E-state index contributed by atoms with van der Waals surface area (Å²) < 4.78 is 7.00. The van der Waals surface area contributed by atoms with Crippen LogP contribution >= 0.6 is 0 Å². The van der Waals surface area contributed by atoms with Crippen molar-refractivity contribution in [2.75, 3.05) is 0 Å². The SMILES string of the molecule is Cc1cc2ccccc2c2nc3n(-c4c(C(C)C)cccc4C(C)C)c4ccc[n+](C)c4n3c12. The van der Waals surface area contributed by atoms with Gasteiger partial charge in [0.05, 0.1) is 18.9 Å². The highest BCUT2D eigenvalue weighted by Gasteiger charge is 2.30. The number of nitrogens with zero attached hydrogens (tertiary/aromatic N) is 4. The zero-order valence-electron chi connectivity index (χ0n) is 20.8. The summed E-state index contributed by atoms with van der Waals surface area (Å²) in [4.78, 5) is 5.37. The van der Waals surface area contributed by atoms with Crippen molar-refractivity contribution in [3.05, 3.63) is 83.6 Å². The molecule has 0 fully saturated rings. The van der Waals surface area contributed by atoms with Crippen LogP contribution in [0.3, 0.4) is 0 Å². The summed E-state index contributed by atoms with van der Waals surface area (Å²) >= 11 is 0. The predicted octanol–water partition coefficient (Wildman–Crippen LogP) is 6.96. The van der Waals surface area contributed by atoms with E-state index in [0.29, 0.717) is 11.8 Å². The van der Waals surface area contributed by atoms with E-state index >= 15 is 0 Å². The van der Waals surface area contributed by atoms with E-state index in [9.17, 15) is 0 Å². The standard InChI is InChI=1S/C30H31N4/c1-18(2)22-13-9-14-23(19(3)4)28(22)33-25-15-10-16-32(6)29(25)34-27-20(5)17-21-11-7-8-12-24(21)26(27)31-30(33)34/h7-19H,1-6H3/q+1. The molecule has 0 amide bonds. The van der Waals surface area contributed by atoms with E-state index in [-0.39, 0.29) is 0 Å².